The first-order chi connectivity index (χ1) is 10.7. The molecule has 2 rings (SSSR count). The van der Waals surface area contributed by atoms with Gasteiger partial charge in [0.1, 0.15) is 0 Å². The van der Waals surface area contributed by atoms with Crippen molar-refractivity contribution in [3.63, 3.8) is 0 Å². The molecular weight excluding hydrogens is 284 g/mol. The maximum Gasteiger partial charge on any atom is 0.290 e. The Morgan fingerprint density at radius 2 is 2.09 bits per heavy atom. The van der Waals surface area contributed by atoms with Gasteiger partial charge in [-0.15, -0.1) is 5.92 Å². The molecule has 1 atom stereocenters. The van der Waals surface area contributed by atoms with Gasteiger partial charge in [0, 0.05) is 39.2 Å². The molecule has 0 saturated carbocycles. The van der Waals surface area contributed by atoms with E-state index in [1.165, 1.54) is 0 Å². The summed E-state index contributed by atoms with van der Waals surface area (Å²) >= 11 is 0. The number of carbonyl (C=O) groups is 2. The van der Waals surface area contributed by atoms with Crippen molar-refractivity contribution in [1.29, 1.82) is 0 Å². The lowest BCUT2D eigenvalue weighted by atomic mass is 10.1. The van der Waals surface area contributed by atoms with Gasteiger partial charge in [-0.2, -0.15) is 0 Å². The van der Waals surface area contributed by atoms with Gasteiger partial charge in [0.2, 0.25) is 5.91 Å². The van der Waals surface area contributed by atoms with Crippen molar-refractivity contribution >= 4 is 12.4 Å². The van der Waals surface area contributed by atoms with Crippen LogP contribution < -0.4 is 0 Å². The van der Waals surface area contributed by atoms with Crippen LogP contribution >= 0.6 is 0 Å². The molecule has 0 aromatic carbocycles. The fourth-order valence-electron chi connectivity index (χ4n) is 2.63. The Morgan fingerprint density at radius 3 is 2.73 bits per heavy atom. The standard InChI is InChI=1S/C15H24N2O2.CH2O2/c1-2-3-4-7-16-8-5-9-17(11-10-16)15(18)14-6-12-19-13-14;2-1-3/h14H,2,5-13H2,1H3;1H,(H,2,3). The number of rotatable bonds is 2. The van der Waals surface area contributed by atoms with Crippen LogP contribution in [0, 0.1) is 17.8 Å². The van der Waals surface area contributed by atoms with E-state index in [0.29, 0.717) is 12.5 Å². The van der Waals surface area contributed by atoms with E-state index < -0.39 is 0 Å². The molecule has 2 fully saturated rings. The van der Waals surface area contributed by atoms with E-state index in [1.54, 1.807) is 0 Å². The van der Waals surface area contributed by atoms with Gasteiger partial charge < -0.3 is 14.7 Å². The molecule has 0 radical (unpaired) electrons. The van der Waals surface area contributed by atoms with Crippen LogP contribution in [0.2, 0.25) is 0 Å². The average Bonchev–Trinajstić information content (AvgIpc) is 2.95. The number of carboxylic acid groups (broad SMARTS) is 1. The predicted molar refractivity (Wildman–Crippen MR) is 83.3 cm³/mol. The quantitative estimate of drug-likeness (QED) is 0.600. The highest BCUT2D eigenvalue weighted by atomic mass is 16.5. The first-order valence-corrected chi connectivity index (χ1v) is 7.85. The lowest BCUT2D eigenvalue weighted by molar-refractivity contribution is -0.135. The molecule has 22 heavy (non-hydrogen) atoms. The summed E-state index contributed by atoms with van der Waals surface area (Å²) in [5.41, 5.74) is 0. The summed E-state index contributed by atoms with van der Waals surface area (Å²) in [6, 6.07) is 0. The third-order valence-electron chi connectivity index (χ3n) is 3.78. The molecule has 1 unspecified atom stereocenters. The van der Waals surface area contributed by atoms with E-state index in [4.69, 9.17) is 14.6 Å². The normalized spacial score (nSPS) is 21.9. The molecule has 1 amide bonds. The van der Waals surface area contributed by atoms with E-state index in [0.717, 1.165) is 58.6 Å². The highest BCUT2D eigenvalue weighted by Crippen LogP contribution is 2.16. The Bertz CT molecular complexity index is 397. The number of hydrogen-bond donors (Lipinski definition) is 1. The smallest absolute Gasteiger partial charge is 0.290 e. The van der Waals surface area contributed by atoms with Crippen LogP contribution in [0.5, 0.6) is 0 Å². The first kappa shape index (κ1) is 18.5. The van der Waals surface area contributed by atoms with Gasteiger partial charge in [0.25, 0.3) is 6.47 Å². The molecule has 0 aliphatic carbocycles. The van der Waals surface area contributed by atoms with Gasteiger partial charge >= 0.3 is 0 Å². The largest absolute Gasteiger partial charge is 0.483 e. The van der Waals surface area contributed by atoms with Crippen molar-refractivity contribution in [1.82, 2.24) is 9.80 Å². The van der Waals surface area contributed by atoms with Crippen LogP contribution in [0.15, 0.2) is 0 Å². The zero-order chi connectivity index (χ0) is 16.2. The summed E-state index contributed by atoms with van der Waals surface area (Å²) < 4.78 is 5.31. The molecule has 2 aliphatic rings. The first-order valence-electron chi connectivity index (χ1n) is 7.85. The van der Waals surface area contributed by atoms with Crippen LogP contribution in [-0.4, -0.2) is 73.2 Å². The van der Waals surface area contributed by atoms with E-state index in [2.05, 4.69) is 23.7 Å². The minimum Gasteiger partial charge on any atom is -0.483 e. The van der Waals surface area contributed by atoms with E-state index in [-0.39, 0.29) is 12.4 Å². The third kappa shape index (κ3) is 6.46. The highest BCUT2D eigenvalue weighted by Gasteiger charge is 2.28. The summed E-state index contributed by atoms with van der Waals surface area (Å²) in [5.74, 6) is 6.68. The molecule has 0 bridgehead atoms. The van der Waals surface area contributed by atoms with E-state index in [1.807, 2.05) is 4.90 Å². The summed E-state index contributed by atoms with van der Waals surface area (Å²) in [4.78, 5) is 25.0. The number of nitrogens with zero attached hydrogens (tertiary/aromatic N) is 2. The van der Waals surface area contributed by atoms with Crippen LogP contribution in [0.25, 0.3) is 0 Å². The maximum atomic E-state index is 12.3. The minimum absolute atomic E-state index is 0.103. The highest BCUT2D eigenvalue weighted by molar-refractivity contribution is 5.79. The summed E-state index contributed by atoms with van der Waals surface area (Å²) in [5, 5.41) is 6.89. The van der Waals surface area contributed by atoms with Crippen LogP contribution in [-0.2, 0) is 14.3 Å². The summed E-state index contributed by atoms with van der Waals surface area (Å²) in [6.07, 6.45) is 2.86. The van der Waals surface area contributed by atoms with Gasteiger partial charge in [-0.05, 0) is 12.8 Å². The van der Waals surface area contributed by atoms with Crippen LogP contribution in [0.3, 0.4) is 0 Å². The van der Waals surface area contributed by atoms with Crippen molar-refractivity contribution in [3.05, 3.63) is 0 Å². The minimum atomic E-state index is -0.250. The second-order valence-electron chi connectivity index (χ2n) is 5.33. The predicted octanol–water partition coefficient (Wildman–Crippen LogP) is 0.671. The Morgan fingerprint density at radius 1 is 1.32 bits per heavy atom. The van der Waals surface area contributed by atoms with Crippen molar-refractivity contribution in [2.24, 2.45) is 5.92 Å². The fraction of sp³-hybridized carbons (Fsp3) is 0.750. The zero-order valence-corrected chi connectivity index (χ0v) is 13.3. The van der Waals surface area contributed by atoms with Gasteiger partial charge in [0.15, 0.2) is 0 Å². The lowest BCUT2D eigenvalue weighted by Crippen LogP contribution is -2.39. The topological polar surface area (TPSA) is 70.1 Å². The monoisotopic (exact) mass is 310 g/mol. The average molecular weight is 310 g/mol. The fourth-order valence-corrected chi connectivity index (χ4v) is 2.63. The zero-order valence-electron chi connectivity index (χ0n) is 13.3. The molecule has 0 spiro atoms. The third-order valence-corrected chi connectivity index (χ3v) is 3.78. The van der Waals surface area contributed by atoms with Gasteiger partial charge in [-0.25, -0.2) is 0 Å². The van der Waals surface area contributed by atoms with Crippen LogP contribution in [0.1, 0.15) is 26.2 Å². The molecule has 6 heteroatoms. The molecule has 2 heterocycles. The molecule has 6 nitrogen and oxygen atoms in total. The van der Waals surface area contributed by atoms with Crippen molar-refractivity contribution in [2.45, 2.75) is 26.2 Å². The molecule has 0 aromatic heterocycles. The summed E-state index contributed by atoms with van der Waals surface area (Å²) in [6.45, 7) is 7.71. The molecule has 2 aliphatic heterocycles. The Hall–Kier alpha value is -1.58. The van der Waals surface area contributed by atoms with Crippen LogP contribution in [0.4, 0.5) is 0 Å². The van der Waals surface area contributed by atoms with Crippen molar-refractivity contribution in [3.8, 4) is 11.8 Å². The Balaban J connectivity index is 0.000000745. The number of amides is 1. The maximum absolute atomic E-state index is 12.3. The van der Waals surface area contributed by atoms with E-state index in [9.17, 15) is 4.79 Å². The van der Waals surface area contributed by atoms with Crippen molar-refractivity contribution in [2.75, 3.05) is 45.9 Å². The Labute approximate surface area is 132 Å². The molecular formula is C16H26N2O4. The Kier molecular flexibility index (Phi) is 9.28. The lowest BCUT2D eigenvalue weighted by Gasteiger charge is -2.23. The number of carbonyl (C=O) groups excluding carboxylic acids is 1. The van der Waals surface area contributed by atoms with Gasteiger partial charge in [-0.1, -0.05) is 12.8 Å². The number of ether oxygens (including phenoxy) is 1. The van der Waals surface area contributed by atoms with Crippen molar-refractivity contribution < 1.29 is 19.4 Å². The molecule has 124 valence electrons. The van der Waals surface area contributed by atoms with Gasteiger partial charge in [0.05, 0.1) is 19.1 Å². The van der Waals surface area contributed by atoms with E-state index >= 15 is 0 Å². The second kappa shape index (κ2) is 11.0. The molecule has 1 N–H and O–H groups in total. The summed E-state index contributed by atoms with van der Waals surface area (Å²) in [7, 11) is 0. The molecule has 2 saturated heterocycles. The molecule has 0 aromatic rings. The van der Waals surface area contributed by atoms with Gasteiger partial charge in [-0.3, -0.25) is 14.5 Å². The number of hydrogen-bond acceptors (Lipinski definition) is 4. The SMILES string of the molecule is CCC#CCN1CCCN(C(=O)C2CCOC2)CC1.O=CO. The second-order valence-corrected chi connectivity index (χ2v) is 5.33.